The molecule has 6 nitrogen and oxygen atoms in total. The van der Waals surface area contributed by atoms with Crippen molar-refractivity contribution < 1.29 is 8.42 Å². The molecule has 1 aliphatic rings. The summed E-state index contributed by atoms with van der Waals surface area (Å²) in [4.78, 5) is 2.44. The van der Waals surface area contributed by atoms with E-state index in [1.165, 1.54) is 16.1 Å². The van der Waals surface area contributed by atoms with Gasteiger partial charge < -0.3 is 4.90 Å². The lowest BCUT2D eigenvalue weighted by Crippen LogP contribution is -2.40. The van der Waals surface area contributed by atoms with Crippen molar-refractivity contribution in [3.8, 4) is 0 Å². The fourth-order valence-corrected chi connectivity index (χ4v) is 3.21. The Morgan fingerprint density at radius 1 is 1.33 bits per heavy atom. The summed E-state index contributed by atoms with van der Waals surface area (Å²) < 4.78 is 26.3. The highest BCUT2D eigenvalue weighted by atomic mass is 32.2. The molecule has 0 saturated carbocycles. The van der Waals surface area contributed by atoms with Gasteiger partial charge in [-0.1, -0.05) is 0 Å². The van der Waals surface area contributed by atoms with Crippen LogP contribution in [0.5, 0.6) is 0 Å². The Morgan fingerprint density at radius 2 is 2.00 bits per heavy atom. The van der Waals surface area contributed by atoms with Crippen molar-refractivity contribution in [3.63, 3.8) is 0 Å². The Kier molecular flexibility index (Phi) is 5.40. The van der Waals surface area contributed by atoms with Gasteiger partial charge in [0.2, 0.25) is 10.0 Å². The van der Waals surface area contributed by atoms with Gasteiger partial charge in [-0.15, -0.1) is 0 Å². The predicted molar refractivity (Wildman–Crippen MR) is 83.6 cm³/mol. The van der Waals surface area contributed by atoms with E-state index in [0.717, 1.165) is 39.0 Å². The van der Waals surface area contributed by atoms with Gasteiger partial charge in [0.1, 0.15) is 0 Å². The molecule has 0 aromatic carbocycles. The van der Waals surface area contributed by atoms with Crippen LogP contribution in [0.15, 0.2) is 12.4 Å². The van der Waals surface area contributed by atoms with Crippen LogP contribution in [0.3, 0.4) is 0 Å². The molecular formula is C14H26N4O2S. The zero-order chi connectivity index (χ0) is 15.5. The molecule has 0 unspecified atom stereocenters. The average Bonchev–Trinajstić information content (AvgIpc) is 2.83. The molecule has 0 aliphatic carbocycles. The maximum absolute atomic E-state index is 11.4. The summed E-state index contributed by atoms with van der Waals surface area (Å²) in [6.07, 6.45) is 7.35. The van der Waals surface area contributed by atoms with Gasteiger partial charge in [-0.3, -0.25) is 4.68 Å². The van der Waals surface area contributed by atoms with E-state index in [1.54, 1.807) is 7.05 Å². The van der Waals surface area contributed by atoms with Crippen LogP contribution >= 0.6 is 0 Å². The lowest BCUT2D eigenvalue weighted by Gasteiger charge is -2.33. The first kappa shape index (κ1) is 16.5. The summed E-state index contributed by atoms with van der Waals surface area (Å²) in [7, 11) is -1.38. The SMILES string of the molecule is Cc1cnn(CCN2CCC(CN(C)S(C)(=O)=O)CC2)c1. The summed E-state index contributed by atoms with van der Waals surface area (Å²) in [5, 5.41) is 4.30. The van der Waals surface area contributed by atoms with E-state index in [1.807, 2.05) is 17.8 Å². The normalized spacial score (nSPS) is 18.5. The molecule has 0 N–H and O–H groups in total. The highest BCUT2D eigenvalue weighted by molar-refractivity contribution is 7.88. The van der Waals surface area contributed by atoms with Gasteiger partial charge in [0.25, 0.3) is 0 Å². The number of hydrogen-bond donors (Lipinski definition) is 0. The lowest BCUT2D eigenvalue weighted by molar-refractivity contribution is 0.166. The molecule has 1 saturated heterocycles. The standard InChI is InChI=1S/C14H26N4O2S/c1-13-10-15-18(11-13)9-8-17-6-4-14(5-7-17)12-16(2)21(3,19)20/h10-11,14H,4-9,12H2,1-3H3. The largest absolute Gasteiger partial charge is 0.301 e. The van der Waals surface area contributed by atoms with Gasteiger partial charge in [-0.25, -0.2) is 12.7 Å². The minimum Gasteiger partial charge on any atom is -0.301 e. The number of sulfonamides is 1. The molecule has 120 valence electrons. The Labute approximate surface area is 127 Å². The first-order chi connectivity index (χ1) is 9.84. The minimum absolute atomic E-state index is 0.480. The van der Waals surface area contributed by atoms with Gasteiger partial charge in [-0.05, 0) is 44.3 Å². The van der Waals surface area contributed by atoms with Crippen molar-refractivity contribution in [2.24, 2.45) is 5.92 Å². The Balaban J connectivity index is 1.71. The lowest BCUT2D eigenvalue weighted by atomic mass is 9.97. The second kappa shape index (κ2) is 6.89. The molecule has 2 rings (SSSR count). The Morgan fingerprint density at radius 3 is 2.52 bits per heavy atom. The highest BCUT2D eigenvalue weighted by Gasteiger charge is 2.22. The van der Waals surface area contributed by atoms with E-state index < -0.39 is 10.0 Å². The minimum atomic E-state index is -3.05. The quantitative estimate of drug-likeness (QED) is 0.779. The first-order valence-corrected chi connectivity index (χ1v) is 9.32. The number of piperidine rings is 1. The van der Waals surface area contributed by atoms with Gasteiger partial charge in [0, 0.05) is 26.3 Å². The molecule has 1 fully saturated rings. The van der Waals surface area contributed by atoms with Crippen LogP contribution < -0.4 is 0 Å². The topological polar surface area (TPSA) is 58.4 Å². The number of aromatic nitrogens is 2. The number of hydrogen-bond acceptors (Lipinski definition) is 4. The molecule has 1 aliphatic heterocycles. The number of likely N-dealkylation sites (tertiary alicyclic amines) is 1. The van der Waals surface area contributed by atoms with Crippen molar-refractivity contribution in [1.29, 1.82) is 0 Å². The van der Waals surface area contributed by atoms with Crippen molar-refractivity contribution in [2.45, 2.75) is 26.3 Å². The zero-order valence-corrected chi connectivity index (χ0v) is 14.0. The summed E-state index contributed by atoms with van der Waals surface area (Å²) in [6.45, 7) is 6.71. The number of aryl methyl sites for hydroxylation is 1. The van der Waals surface area contributed by atoms with Crippen LogP contribution in [0.25, 0.3) is 0 Å². The molecule has 21 heavy (non-hydrogen) atoms. The molecule has 1 aromatic rings. The van der Waals surface area contributed by atoms with E-state index in [4.69, 9.17) is 0 Å². The van der Waals surface area contributed by atoms with Gasteiger partial charge in [-0.2, -0.15) is 5.10 Å². The molecule has 2 heterocycles. The van der Waals surface area contributed by atoms with E-state index >= 15 is 0 Å². The van der Waals surface area contributed by atoms with E-state index in [2.05, 4.69) is 16.2 Å². The van der Waals surface area contributed by atoms with E-state index in [9.17, 15) is 8.42 Å². The van der Waals surface area contributed by atoms with Gasteiger partial charge in [0.15, 0.2) is 0 Å². The summed E-state index contributed by atoms with van der Waals surface area (Å²) in [5.41, 5.74) is 1.19. The van der Waals surface area contributed by atoms with Crippen LogP contribution in [-0.2, 0) is 16.6 Å². The van der Waals surface area contributed by atoms with Crippen molar-refractivity contribution in [3.05, 3.63) is 18.0 Å². The van der Waals surface area contributed by atoms with Crippen LogP contribution in [0.2, 0.25) is 0 Å². The molecule has 7 heteroatoms. The molecule has 0 amide bonds. The van der Waals surface area contributed by atoms with Crippen LogP contribution in [0.4, 0.5) is 0 Å². The summed E-state index contributed by atoms with van der Waals surface area (Å²) in [5.74, 6) is 0.480. The van der Waals surface area contributed by atoms with Crippen LogP contribution in [0, 0.1) is 12.8 Å². The van der Waals surface area contributed by atoms with E-state index in [0.29, 0.717) is 12.5 Å². The molecule has 0 atom stereocenters. The van der Waals surface area contributed by atoms with Crippen molar-refractivity contribution in [1.82, 2.24) is 19.0 Å². The third-order valence-electron chi connectivity index (χ3n) is 4.20. The third-order valence-corrected chi connectivity index (χ3v) is 5.48. The number of nitrogens with zero attached hydrogens (tertiary/aromatic N) is 4. The van der Waals surface area contributed by atoms with Gasteiger partial charge in [0.05, 0.1) is 19.0 Å². The average molecular weight is 314 g/mol. The van der Waals surface area contributed by atoms with E-state index in [-0.39, 0.29) is 0 Å². The molecule has 1 aromatic heterocycles. The van der Waals surface area contributed by atoms with Crippen LogP contribution in [0.1, 0.15) is 18.4 Å². The maximum Gasteiger partial charge on any atom is 0.210 e. The second-order valence-corrected chi connectivity index (χ2v) is 8.20. The molecule has 0 radical (unpaired) electrons. The van der Waals surface area contributed by atoms with Crippen LogP contribution in [-0.4, -0.2) is 66.9 Å². The molecule has 0 bridgehead atoms. The summed E-state index contributed by atoms with van der Waals surface area (Å²) >= 11 is 0. The monoisotopic (exact) mass is 314 g/mol. The van der Waals surface area contributed by atoms with Gasteiger partial charge >= 0.3 is 0 Å². The zero-order valence-electron chi connectivity index (χ0n) is 13.2. The number of rotatable bonds is 6. The third kappa shape index (κ3) is 5.09. The summed E-state index contributed by atoms with van der Waals surface area (Å²) in [6, 6.07) is 0. The Bertz CT molecular complexity index is 547. The maximum atomic E-state index is 11.4. The van der Waals surface area contributed by atoms with Crippen molar-refractivity contribution >= 4 is 10.0 Å². The highest BCUT2D eigenvalue weighted by Crippen LogP contribution is 2.18. The van der Waals surface area contributed by atoms with Crippen molar-refractivity contribution in [2.75, 3.05) is 39.5 Å². The molecular weight excluding hydrogens is 288 g/mol. The first-order valence-electron chi connectivity index (χ1n) is 7.47. The molecule has 0 spiro atoms. The smallest absolute Gasteiger partial charge is 0.210 e. The fraction of sp³-hybridized carbons (Fsp3) is 0.786. The Hall–Kier alpha value is -0.920. The second-order valence-electron chi connectivity index (χ2n) is 6.11. The fourth-order valence-electron chi connectivity index (χ4n) is 2.72. The predicted octanol–water partition coefficient (Wildman–Crippen LogP) is 0.795.